The molecule has 2 rings (SSSR count). The molecule has 1 aromatic carbocycles. The second-order valence-corrected chi connectivity index (χ2v) is 5.45. The van der Waals surface area contributed by atoms with E-state index in [1.54, 1.807) is 32.0 Å². The molecule has 4 nitrogen and oxygen atoms in total. The topological polar surface area (TPSA) is 55.1 Å². The van der Waals surface area contributed by atoms with Gasteiger partial charge in [0.15, 0.2) is 0 Å². The van der Waals surface area contributed by atoms with Gasteiger partial charge >= 0.3 is 0 Å². The molecule has 0 spiro atoms. The van der Waals surface area contributed by atoms with Crippen LogP contribution >= 0.6 is 11.8 Å². The van der Waals surface area contributed by atoms with E-state index >= 15 is 0 Å². The number of hydrogen-bond acceptors (Lipinski definition) is 4. The van der Waals surface area contributed by atoms with Gasteiger partial charge in [0.25, 0.3) is 0 Å². The number of carbonyl (C=O) groups is 1. The van der Waals surface area contributed by atoms with Gasteiger partial charge in [-0.3, -0.25) is 10.1 Å². The van der Waals surface area contributed by atoms with Crippen LogP contribution in [0.25, 0.3) is 0 Å². The van der Waals surface area contributed by atoms with Crippen molar-refractivity contribution in [3.63, 3.8) is 0 Å². The fourth-order valence-corrected chi connectivity index (χ4v) is 2.28. The number of nitrogens with zero attached hydrogens (tertiary/aromatic N) is 1. The number of aryl methyl sites for hydroxylation is 1. The number of rotatable bonds is 4. The van der Waals surface area contributed by atoms with Gasteiger partial charge in [0.05, 0.1) is 10.9 Å². The van der Waals surface area contributed by atoms with E-state index in [2.05, 4.69) is 10.5 Å². The number of carbonyl (C=O) groups excluding carboxylic acids is 1. The summed E-state index contributed by atoms with van der Waals surface area (Å²) in [5.74, 6) is -0.155. The molecule has 0 saturated heterocycles. The summed E-state index contributed by atoms with van der Waals surface area (Å²) in [6.45, 7) is 3.54. The lowest BCUT2D eigenvalue weighted by molar-refractivity contribution is -0.115. The van der Waals surface area contributed by atoms with Gasteiger partial charge in [-0.25, -0.2) is 4.39 Å². The maximum absolute atomic E-state index is 12.8. The summed E-state index contributed by atoms with van der Waals surface area (Å²) in [6, 6.07) is 7.66. The van der Waals surface area contributed by atoms with E-state index in [0.29, 0.717) is 11.6 Å². The van der Waals surface area contributed by atoms with E-state index in [-0.39, 0.29) is 17.0 Å². The molecular formula is C13H13FN2O2S. The molecule has 1 amide bonds. The largest absolute Gasteiger partial charge is 0.338 e. The van der Waals surface area contributed by atoms with E-state index in [4.69, 9.17) is 4.52 Å². The number of amides is 1. The van der Waals surface area contributed by atoms with E-state index in [9.17, 15) is 9.18 Å². The normalized spacial score (nSPS) is 12.2. The molecule has 0 aliphatic heterocycles. The molecule has 0 aliphatic carbocycles. The quantitative estimate of drug-likeness (QED) is 0.873. The van der Waals surface area contributed by atoms with Crippen LogP contribution in [0.1, 0.15) is 12.6 Å². The Kier molecular flexibility index (Phi) is 4.21. The Morgan fingerprint density at radius 1 is 1.42 bits per heavy atom. The van der Waals surface area contributed by atoms with Crippen LogP contribution < -0.4 is 5.32 Å². The second kappa shape index (κ2) is 5.88. The fraction of sp³-hybridized carbons (Fsp3) is 0.231. The monoisotopic (exact) mass is 280 g/mol. The number of halogens is 1. The molecule has 6 heteroatoms. The van der Waals surface area contributed by atoms with Gasteiger partial charge in [0.2, 0.25) is 11.8 Å². The third-order valence-corrected chi connectivity index (χ3v) is 3.48. The van der Waals surface area contributed by atoms with Crippen LogP contribution in [0, 0.1) is 12.7 Å². The molecule has 19 heavy (non-hydrogen) atoms. The molecule has 0 aliphatic rings. The lowest BCUT2D eigenvalue weighted by Gasteiger charge is -2.09. The highest BCUT2D eigenvalue weighted by Crippen LogP contribution is 2.24. The van der Waals surface area contributed by atoms with Crippen molar-refractivity contribution in [1.29, 1.82) is 0 Å². The molecule has 1 unspecified atom stereocenters. The average molecular weight is 280 g/mol. The Morgan fingerprint density at radius 2 is 2.11 bits per heavy atom. The van der Waals surface area contributed by atoms with Crippen molar-refractivity contribution in [2.24, 2.45) is 0 Å². The highest BCUT2D eigenvalue weighted by Gasteiger charge is 2.16. The van der Waals surface area contributed by atoms with Gasteiger partial charge in [-0.15, -0.1) is 11.8 Å². The summed E-state index contributed by atoms with van der Waals surface area (Å²) in [5, 5.41) is 5.99. The fourth-order valence-electron chi connectivity index (χ4n) is 1.42. The third-order valence-electron chi connectivity index (χ3n) is 2.37. The Balaban J connectivity index is 1.94. The molecule has 1 aromatic heterocycles. The van der Waals surface area contributed by atoms with E-state index in [1.807, 2.05) is 0 Å². The molecule has 0 radical (unpaired) electrons. The summed E-state index contributed by atoms with van der Waals surface area (Å²) >= 11 is 1.35. The van der Waals surface area contributed by atoms with Gasteiger partial charge in [-0.05, 0) is 38.1 Å². The summed E-state index contributed by atoms with van der Waals surface area (Å²) in [5.41, 5.74) is 0.703. The first kappa shape index (κ1) is 13.6. The van der Waals surface area contributed by atoms with Crippen molar-refractivity contribution in [1.82, 2.24) is 5.16 Å². The summed E-state index contributed by atoms with van der Waals surface area (Å²) < 4.78 is 17.7. The van der Waals surface area contributed by atoms with Crippen molar-refractivity contribution in [3.8, 4) is 0 Å². The van der Waals surface area contributed by atoms with Crippen molar-refractivity contribution in [2.45, 2.75) is 24.0 Å². The molecule has 1 atom stereocenters. The molecule has 1 heterocycles. The van der Waals surface area contributed by atoms with Crippen LogP contribution in [0.2, 0.25) is 0 Å². The molecule has 0 bridgehead atoms. The van der Waals surface area contributed by atoms with Crippen LogP contribution in [0.5, 0.6) is 0 Å². The van der Waals surface area contributed by atoms with E-state index < -0.39 is 0 Å². The predicted molar refractivity (Wildman–Crippen MR) is 71.6 cm³/mol. The van der Waals surface area contributed by atoms with Gasteiger partial charge in [0.1, 0.15) is 5.82 Å². The summed E-state index contributed by atoms with van der Waals surface area (Å²) in [4.78, 5) is 12.7. The van der Waals surface area contributed by atoms with Crippen LogP contribution in [0.4, 0.5) is 10.3 Å². The van der Waals surface area contributed by atoms with E-state index in [1.165, 1.54) is 23.9 Å². The van der Waals surface area contributed by atoms with Gasteiger partial charge in [0, 0.05) is 11.0 Å². The van der Waals surface area contributed by atoms with Crippen molar-refractivity contribution in [2.75, 3.05) is 5.32 Å². The molecule has 0 fully saturated rings. The zero-order valence-corrected chi connectivity index (χ0v) is 11.3. The number of aromatic nitrogens is 1. The lowest BCUT2D eigenvalue weighted by atomic mass is 10.3. The van der Waals surface area contributed by atoms with Gasteiger partial charge in [-0.1, -0.05) is 5.16 Å². The van der Waals surface area contributed by atoms with Crippen LogP contribution in [0.3, 0.4) is 0 Å². The number of hydrogen-bond donors (Lipinski definition) is 1. The minimum absolute atomic E-state index is 0.189. The average Bonchev–Trinajstić information content (AvgIpc) is 2.77. The van der Waals surface area contributed by atoms with Crippen molar-refractivity contribution < 1.29 is 13.7 Å². The number of thioether (sulfide) groups is 1. The minimum Gasteiger partial charge on any atom is -0.338 e. The standard InChI is InChI=1S/C13H13FN2O2S/c1-8-7-12(18-16-8)15-13(17)9(2)19-11-5-3-10(14)4-6-11/h3-7,9H,1-2H3,(H,15,17). The Bertz CT molecular complexity index is 568. The summed E-state index contributed by atoms with van der Waals surface area (Å²) in [6.07, 6.45) is 0. The predicted octanol–water partition coefficient (Wildman–Crippen LogP) is 3.24. The molecule has 0 saturated carbocycles. The van der Waals surface area contributed by atoms with E-state index in [0.717, 1.165) is 4.90 Å². The maximum atomic E-state index is 12.8. The molecule has 2 aromatic rings. The first-order valence-electron chi connectivity index (χ1n) is 5.71. The Morgan fingerprint density at radius 3 is 2.68 bits per heavy atom. The zero-order chi connectivity index (χ0) is 13.8. The van der Waals surface area contributed by atoms with Crippen molar-refractivity contribution >= 4 is 23.6 Å². The zero-order valence-electron chi connectivity index (χ0n) is 10.5. The highest BCUT2D eigenvalue weighted by atomic mass is 32.2. The number of anilines is 1. The SMILES string of the molecule is Cc1cc(NC(=O)C(C)Sc2ccc(F)cc2)on1. The van der Waals surface area contributed by atoms with Crippen LogP contribution in [-0.4, -0.2) is 16.3 Å². The minimum atomic E-state index is -0.323. The summed E-state index contributed by atoms with van der Waals surface area (Å²) in [7, 11) is 0. The lowest BCUT2D eigenvalue weighted by Crippen LogP contribution is -2.22. The third kappa shape index (κ3) is 3.82. The first-order chi connectivity index (χ1) is 9.04. The number of benzene rings is 1. The second-order valence-electron chi connectivity index (χ2n) is 4.04. The van der Waals surface area contributed by atoms with Crippen LogP contribution in [-0.2, 0) is 4.79 Å². The smallest absolute Gasteiger partial charge is 0.239 e. The molecular weight excluding hydrogens is 267 g/mol. The van der Waals surface area contributed by atoms with Gasteiger partial charge < -0.3 is 4.52 Å². The maximum Gasteiger partial charge on any atom is 0.239 e. The molecule has 100 valence electrons. The first-order valence-corrected chi connectivity index (χ1v) is 6.59. The highest BCUT2D eigenvalue weighted by molar-refractivity contribution is 8.00. The van der Waals surface area contributed by atoms with Gasteiger partial charge in [-0.2, -0.15) is 0 Å². The van der Waals surface area contributed by atoms with Crippen LogP contribution in [0.15, 0.2) is 39.8 Å². The Labute approximate surface area is 114 Å². The van der Waals surface area contributed by atoms with Crippen molar-refractivity contribution in [3.05, 3.63) is 41.8 Å². The molecule has 1 N–H and O–H groups in total. The Hall–Kier alpha value is -1.82. The number of nitrogens with one attached hydrogen (secondary N) is 1.